The molecule has 2 rings (SSSR count). The van der Waals surface area contributed by atoms with Gasteiger partial charge in [0, 0.05) is 18.8 Å². The number of aromatic nitrogens is 1. The molecule has 4 heteroatoms. The van der Waals surface area contributed by atoms with E-state index in [1.165, 1.54) is 0 Å². The molecule has 2 atom stereocenters. The fourth-order valence-corrected chi connectivity index (χ4v) is 2.22. The van der Waals surface area contributed by atoms with E-state index in [0.717, 1.165) is 25.9 Å². The summed E-state index contributed by atoms with van der Waals surface area (Å²) in [5, 5.41) is 3.27. The van der Waals surface area contributed by atoms with E-state index in [9.17, 15) is 4.79 Å². The SMILES string of the molecule is CCC(C)Nc1cccn(C2CCCOC2)c1=O. The average molecular weight is 250 g/mol. The Hall–Kier alpha value is -1.29. The standard InChI is InChI=1S/C14H22N2O2/c1-3-11(2)15-13-7-4-8-16(14(13)17)12-6-5-9-18-10-12/h4,7-8,11-12,15H,3,5-6,9-10H2,1-2H3. The van der Waals surface area contributed by atoms with Crippen molar-refractivity contribution in [3.63, 3.8) is 0 Å². The summed E-state index contributed by atoms with van der Waals surface area (Å²) in [6.45, 7) is 5.65. The van der Waals surface area contributed by atoms with Crippen LogP contribution in [0.15, 0.2) is 23.1 Å². The first-order valence-electron chi connectivity index (χ1n) is 6.77. The molecule has 1 aromatic rings. The van der Waals surface area contributed by atoms with Crippen molar-refractivity contribution in [2.75, 3.05) is 18.5 Å². The fourth-order valence-electron chi connectivity index (χ4n) is 2.22. The Morgan fingerprint density at radius 2 is 2.44 bits per heavy atom. The number of anilines is 1. The van der Waals surface area contributed by atoms with Gasteiger partial charge >= 0.3 is 0 Å². The van der Waals surface area contributed by atoms with Gasteiger partial charge in [0.15, 0.2) is 0 Å². The summed E-state index contributed by atoms with van der Waals surface area (Å²) in [4.78, 5) is 12.4. The Morgan fingerprint density at radius 3 is 3.11 bits per heavy atom. The molecular formula is C14H22N2O2. The summed E-state index contributed by atoms with van der Waals surface area (Å²) in [6.07, 6.45) is 4.91. The Bertz CT molecular complexity index is 436. The van der Waals surface area contributed by atoms with E-state index in [2.05, 4.69) is 19.2 Å². The summed E-state index contributed by atoms with van der Waals surface area (Å²) in [5.41, 5.74) is 0.755. The van der Waals surface area contributed by atoms with Crippen LogP contribution >= 0.6 is 0 Å². The van der Waals surface area contributed by atoms with Gasteiger partial charge in [0.1, 0.15) is 5.69 Å². The molecule has 0 radical (unpaired) electrons. The second kappa shape index (κ2) is 6.05. The lowest BCUT2D eigenvalue weighted by Crippen LogP contribution is -2.32. The van der Waals surface area contributed by atoms with E-state index >= 15 is 0 Å². The maximum absolute atomic E-state index is 12.4. The molecular weight excluding hydrogens is 228 g/mol. The highest BCUT2D eigenvalue weighted by atomic mass is 16.5. The van der Waals surface area contributed by atoms with Crippen molar-refractivity contribution in [3.8, 4) is 0 Å². The molecule has 4 nitrogen and oxygen atoms in total. The van der Waals surface area contributed by atoms with Gasteiger partial charge in [0.25, 0.3) is 5.56 Å². The van der Waals surface area contributed by atoms with Crippen LogP contribution in [0.5, 0.6) is 0 Å². The van der Waals surface area contributed by atoms with Gasteiger partial charge in [0.05, 0.1) is 12.6 Å². The van der Waals surface area contributed by atoms with Gasteiger partial charge in [-0.2, -0.15) is 0 Å². The molecule has 1 aliphatic rings. The van der Waals surface area contributed by atoms with Crippen molar-refractivity contribution in [2.45, 2.75) is 45.2 Å². The minimum absolute atomic E-state index is 0.0632. The first kappa shape index (κ1) is 13.1. The second-order valence-corrected chi connectivity index (χ2v) is 4.96. The van der Waals surface area contributed by atoms with Crippen molar-refractivity contribution in [1.29, 1.82) is 0 Å². The van der Waals surface area contributed by atoms with Crippen molar-refractivity contribution >= 4 is 5.69 Å². The second-order valence-electron chi connectivity index (χ2n) is 4.96. The highest BCUT2D eigenvalue weighted by molar-refractivity contribution is 5.41. The molecule has 18 heavy (non-hydrogen) atoms. The zero-order valence-corrected chi connectivity index (χ0v) is 11.2. The normalized spacial score (nSPS) is 21.6. The Kier molecular flexibility index (Phi) is 4.42. The zero-order chi connectivity index (χ0) is 13.0. The van der Waals surface area contributed by atoms with Crippen LogP contribution in [0.2, 0.25) is 0 Å². The minimum Gasteiger partial charge on any atom is -0.379 e. The van der Waals surface area contributed by atoms with Crippen LogP contribution in [0.1, 0.15) is 39.2 Å². The largest absolute Gasteiger partial charge is 0.379 e. The van der Waals surface area contributed by atoms with Crippen LogP contribution in [0.3, 0.4) is 0 Å². The third kappa shape index (κ3) is 2.93. The van der Waals surface area contributed by atoms with Gasteiger partial charge in [-0.05, 0) is 38.3 Å². The van der Waals surface area contributed by atoms with Gasteiger partial charge < -0.3 is 14.6 Å². The molecule has 0 spiro atoms. The number of hydrogen-bond donors (Lipinski definition) is 1. The first-order chi connectivity index (χ1) is 8.72. The van der Waals surface area contributed by atoms with E-state index in [-0.39, 0.29) is 11.6 Å². The summed E-state index contributed by atoms with van der Waals surface area (Å²) in [7, 11) is 0. The predicted octanol–water partition coefficient (Wildman–Crippen LogP) is 2.41. The van der Waals surface area contributed by atoms with Crippen molar-refractivity contribution in [3.05, 3.63) is 28.7 Å². The van der Waals surface area contributed by atoms with Gasteiger partial charge in [-0.3, -0.25) is 4.79 Å². The van der Waals surface area contributed by atoms with Gasteiger partial charge in [-0.25, -0.2) is 0 Å². The van der Waals surface area contributed by atoms with E-state index < -0.39 is 0 Å². The van der Waals surface area contributed by atoms with E-state index in [0.29, 0.717) is 18.3 Å². The topological polar surface area (TPSA) is 43.3 Å². The first-order valence-corrected chi connectivity index (χ1v) is 6.77. The van der Waals surface area contributed by atoms with Gasteiger partial charge in [-0.15, -0.1) is 0 Å². The number of hydrogen-bond acceptors (Lipinski definition) is 3. The van der Waals surface area contributed by atoms with E-state index in [1.807, 2.05) is 22.9 Å². The third-order valence-corrected chi connectivity index (χ3v) is 3.52. The molecule has 1 N–H and O–H groups in total. The van der Waals surface area contributed by atoms with Crippen LogP contribution in [0.25, 0.3) is 0 Å². The summed E-state index contributed by atoms with van der Waals surface area (Å²) >= 11 is 0. The smallest absolute Gasteiger partial charge is 0.274 e. The Balaban J connectivity index is 2.21. The maximum atomic E-state index is 12.4. The fraction of sp³-hybridized carbons (Fsp3) is 0.643. The molecule has 0 saturated carbocycles. The number of pyridine rings is 1. The molecule has 0 aliphatic carbocycles. The molecule has 1 saturated heterocycles. The van der Waals surface area contributed by atoms with E-state index in [1.54, 1.807) is 0 Å². The summed E-state index contributed by atoms with van der Waals surface area (Å²) in [6, 6.07) is 4.29. The number of nitrogens with one attached hydrogen (secondary N) is 1. The van der Waals surface area contributed by atoms with Gasteiger partial charge in [0.2, 0.25) is 0 Å². The minimum atomic E-state index is 0.0632. The van der Waals surface area contributed by atoms with Crippen LogP contribution in [-0.2, 0) is 4.74 Å². The molecule has 2 unspecified atom stereocenters. The van der Waals surface area contributed by atoms with Gasteiger partial charge in [-0.1, -0.05) is 6.92 Å². The molecule has 2 heterocycles. The quantitative estimate of drug-likeness (QED) is 0.892. The summed E-state index contributed by atoms with van der Waals surface area (Å²) < 4.78 is 7.26. The van der Waals surface area contributed by atoms with Crippen LogP contribution in [-0.4, -0.2) is 23.8 Å². The Labute approximate surface area is 108 Å². The summed E-state index contributed by atoms with van der Waals surface area (Å²) in [5.74, 6) is 0. The Morgan fingerprint density at radius 1 is 1.61 bits per heavy atom. The monoisotopic (exact) mass is 250 g/mol. The van der Waals surface area contributed by atoms with E-state index in [4.69, 9.17) is 4.74 Å². The zero-order valence-electron chi connectivity index (χ0n) is 11.2. The molecule has 1 aliphatic heterocycles. The lowest BCUT2D eigenvalue weighted by atomic mass is 10.1. The van der Waals surface area contributed by atoms with Crippen molar-refractivity contribution in [2.24, 2.45) is 0 Å². The molecule has 1 fully saturated rings. The van der Waals surface area contributed by atoms with Crippen molar-refractivity contribution in [1.82, 2.24) is 4.57 Å². The number of rotatable bonds is 4. The molecule has 0 bridgehead atoms. The molecule has 0 amide bonds. The lowest BCUT2D eigenvalue weighted by molar-refractivity contribution is 0.0580. The van der Waals surface area contributed by atoms with Crippen LogP contribution < -0.4 is 10.9 Å². The highest BCUT2D eigenvalue weighted by Gasteiger charge is 2.17. The lowest BCUT2D eigenvalue weighted by Gasteiger charge is -2.25. The average Bonchev–Trinajstić information content (AvgIpc) is 2.42. The molecule has 1 aromatic heterocycles. The number of ether oxygens (including phenoxy) is 1. The van der Waals surface area contributed by atoms with Crippen molar-refractivity contribution < 1.29 is 4.74 Å². The number of nitrogens with zero attached hydrogens (tertiary/aromatic N) is 1. The predicted molar refractivity (Wildman–Crippen MR) is 73.2 cm³/mol. The highest BCUT2D eigenvalue weighted by Crippen LogP contribution is 2.18. The molecule has 0 aromatic carbocycles. The third-order valence-electron chi connectivity index (χ3n) is 3.52. The van der Waals surface area contributed by atoms with Crippen LogP contribution in [0, 0.1) is 0 Å². The van der Waals surface area contributed by atoms with Crippen LogP contribution in [0.4, 0.5) is 5.69 Å². The maximum Gasteiger partial charge on any atom is 0.274 e. The molecule has 100 valence electrons.